The molecular formula is C19H26N4OS. The summed E-state index contributed by atoms with van der Waals surface area (Å²) in [6.45, 7) is 9.25. The molecule has 0 fully saturated rings. The van der Waals surface area contributed by atoms with Crippen molar-refractivity contribution in [1.29, 1.82) is 0 Å². The highest BCUT2D eigenvalue weighted by Crippen LogP contribution is 2.28. The van der Waals surface area contributed by atoms with E-state index in [2.05, 4.69) is 41.0 Å². The average molecular weight is 359 g/mol. The fourth-order valence-corrected chi connectivity index (χ4v) is 4.10. The minimum absolute atomic E-state index is 0.0890. The minimum atomic E-state index is -0.0890. The number of rotatable bonds is 6. The summed E-state index contributed by atoms with van der Waals surface area (Å²) in [5, 5.41) is 3.66. The van der Waals surface area contributed by atoms with Crippen LogP contribution in [-0.4, -0.2) is 47.4 Å². The number of fused-ring (bicyclic) bond motifs is 1. The van der Waals surface area contributed by atoms with Gasteiger partial charge in [-0.1, -0.05) is 26.0 Å². The predicted molar refractivity (Wildman–Crippen MR) is 103 cm³/mol. The van der Waals surface area contributed by atoms with E-state index >= 15 is 0 Å². The quantitative estimate of drug-likeness (QED) is 0.861. The maximum absolute atomic E-state index is 12.5. The number of nitrogens with zero attached hydrogens (tertiary/aromatic N) is 3. The van der Waals surface area contributed by atoms with Crippen molar-refractivity contribution in [3.8, 4) is 0 Å². The third-order valence-electron chi connectivity index (χ3n) is 4.66. The molecular weight excluding hydrogens is 332 g/mol. The highest BCUT2D eigenvalue weighted by Gasteiger charge is 2.19. The monoisotopic (exact) mass is 358 g/mol. The number of hydrogen-bond donors (Lipinski definition) is 1. The topological polar surface area (TPSA) is 48.5 Å². The third-order valence-corrected chi connectivity index (χ3v) is 5.66. The Labute approximate surface area is 153 Å². The SMILES string of the molecule is CCN(CC)Cc1ccc(C(=O)Nc2nc3c(s2)CN(C)CC3)cc1. The largest absolute Gasteiger partial charge is 0.301 e. The molecule has 1 aromatic carbocycles. The van der Waals surface area contributed by atoms with Crippen LogP contribution >= 0.6 is 11.3 Å². The molecule has 0 radical (unpaired) electrons. The Morgan fingerprint density at radius 2 is 2.00 bits per heavy atom. The van der Waals surface area contributed by atoms with Crippen LogP contribution in [0, 0.1) is 0 Å². The van der Waals surface area contributed by atoms with Gasteiger partial charge < -0.3 is 4.90 Å². The summed E-state index contributed by atoms with van der Waals surface area (Å²) in [5.74, 6) is -0.0890. The average Bonchev–Trinajstić information content (AvgIpc) is 3.01. The molecule has 134 valence electrons. The summed E-state index contributed by atoms with van der Waals surface area (Å²) in [7, 11) is 2.11. The molecule has 0 saturated heterocycles. The minimum Gasteiger partial charge on any atom is -0.301 e. The molecule has 1 aliphatic heterocycles. The first-order valence-electron chi connectivity index (χ1n) is 8.88. The summed E-state index contributed by atoms with van der Waals surface area (Å²) in [6, 6.07) is 7.87. The van der Waals surface area contributed by atoms with Crippen molar-refractivity contribution in [1.82, 2.24) is 14.8 Å². The van der Waals surface area contributed by atoms with Crippen molar-refractivity contribution in [2.24, 2.45) is 0 Å². The molecule has 25 heavy (non-hydrogen) atoms. The second-order valence-corrected chi connectivity index (χ2v) is 7.57. The Hall–Kier alpha value is -1.76. The van der Waals surface area contributed by atoms with Crippen LogP contribution in [-0.2, 0) is 19.5 Å². The van der Waals surface area contributed by atoms with E-state index in [1.807, 2.05) is 24.3 Å². The fourth-order valence-electron chi connectivity index (χ4n) is 3.01. The van der Waals surface area contributed by atoms with E-state index in [0.717, 1.165) is 44.8 Å². The Morgan fingerprint density at radius 3 is 2.68 bits per heavy atom. The lowest BCUT2D eigenvalue weighted by atomic mass is 10.1. The Bertz CT molecular complexity index is 722. The molecule has 2 heterocycles. The van der Waals surface area contributed by atoms with Crippen molar-refractivity contribution in [2.45, 2.75) is 33.4 Å². The van der Waals surface area contributed by atoms with E-state index < -0.39 is 0 Å². The van der Waals surface area contributed by atoms with Crippen LogP contribution < -0.4 is 5.32 Å². The number of nitrogens with one attached hydrogen (secondary N) is 1. The second-order valence-electron chi connectivity index (χ2n) is 6.49. The van der Waals surface area contributed by atoms with Gasteiger partial charge in [-0.3, -0.25) is 15.0 Å². The summed E-state index contributed by atoms with van der Waals surface area (Å²) in [5.41, 5.74) is 3.04. The number of aromatic nitrogens is 1. The smallest absolute Gasteiger partial charge is 0.257 e. The van der Waals surface area contributed by atoms with Crippen LogP contribution in [0.2, 0.25) is 0 Å². The maximum Gasteiger partial charge on any atom is 0.257 e. The van der Waals surface area contributed by atoms with Crippen LogP contribution in [0.4, 0.5) is 5.13 Å². The molecule has 1 aliphatic rings. The number of thiazole rings is 1. The zero-order valence-electron chi connectivity index (χ0n) is 15.2. The van der Waals surface area contributed by atoms with Crippen LogP contribution in [0.25, 0.3) is 0 Å². The first-order chi connectivity index (χ1) is 12.1. The Kier molecular flexibility index (Phi) is 5.83. The number of likely N-dealkylation sites (N-methyl/N-ethyl adjacent to an activating group) is 1. The summed E-state index contributed by atoms with van der Waals surface area (Å²) < 4.78 is 0. The molecule has 5 nitrogen and oxygen atoms in total. The number of anilines is 1. The Balaban J connectivity index is 1.63. The standard InChI is InChI=1S/C19H26N4OS/c1-4-23(5-2)12-14-6-8-15(9-7-14)18(24)21-19-20-16-10-11-22(3)13-17(16)25-19/h6-9H,4-5,10-13H2,1-3H3,(H,20,21,24). The van der Waals surface area contributed by atoms with Crippen LogP contribution in [0.1, 0.15) is 40.3 Å². The molecule has 6 heteroatoms. The van der Waals surface area contributed by atoms with Crippen LogP contribution in [0.3, 0.4) is 0 Å². The number of carbonyl (C=O) groups is 1. The highest BCUT2D eigenvalue weighted by molar-refractivity contribution is 7.15. The molecule has 0 unspecified atom stereocenters. The van der Waals surface area contributed by atoms with Gasteiger partial charge >= 0.3 is 0 Å². The van der Waals surface area contributed by atoms with Gasteiger partial charge in [-0.05, 0) is 37.8 Å². The van der Waals surface area contributed by atoms with Gasteiger partial charge in [0.2, 0.25) is 0 Å². The highest BCUT2D eigenvalue weighted by atomic mass is 32.1. The Morgan fingerprint density at radius 1 is 1.28 bits per heavy atom. The van der Waals surface area contributed by atoms with Crippen molar-refractivity contribution in [3.05, 3.63) is 46.0 Å². The number of hydrogen-bond acceptors (Lipinski definition) is 5. The van der Waals surface area contributed by atoms with E-state index in [9.17, 15) is 4.79 Å². The molecule has 3 rings (SSSR count). The lowest BCUT2D eigenvalue weighted by Crippen LogP contribution is -2.25. The van der Waals surface area contributed by atoms with Gasteiger partial charge in [0.25, 0.3) is 5.91 Å². The maximum atomic E-state index is 12.5. The van der Waals surface area contributed by atoms with E-state index in [1.54, 1.807) is 11.3 Å². The molecule has 0 bridgehead atoms. The summed E-state index contributed by atoms with van der Waals surface area (Å²) in [6.07, 6.45) is 0.957. The molecule has 0 aliphatic carbocycles. The van der Waals surface area contributed by atoms with Gasteiger partial charge in [-0.15, -0.1) is 11.3 Å². The van der Waals surface area contributed by atoms with E-state index in [-0.39, 0.29) is 5.91 Å². The first kappa shape index (κ1) is 18.0. The van der Waals surface area contributed by atoms with E-state index in [4.69, 9.17) is 0 Å². The molecule has 1 amide bonds. The van der Waals surface area contributed by atoms with E-state index in [0.29, 0.717) is 10.7 Å². The third kappa shape index (κ3) is 4.45. The zero-order chi connectivity index (χ0) is 17.8. The van der Waals surface area contributed by atoms with E-state index in [1.165, 1.54) is 10.4 Å². The summed E-state index contributed by atoms with van der Waals surface area (Å²) in [4.78, 5) is 22.9. The first-order valence-corrected chi connectivity index (χ1v) is 9.70. The number of benzene rings is 1. The van der Waals surface area contributed by atoms with Crippen molar-refractivity contribution in [2.75, 3.05) is 32.0 Å². The van der Waals surface area contributed by atoms with Crippen molar-refractivity contribution < 1.29 is 4.79 Å². The lowest BCUT2D eigenvalue weighted by Gasteiger charge is -2.20. The molecule has 2 aromatic rings. The summed E-state index contributed by atoms with van der Waals surface area (Å²) >= 11 is 1.59. The second kappa shape index (κ2) is 8.08. The molecule has 1 N–H and O–H groups in total. The molecule has 1 aromatic heterocycles. The molecule has 0 saturated carbocycles. The van der Waals surface area contributed by atoms with Gasteiger partial charge in [-0.2, -0.15) is 0 Å². The fraction of sp³-hybridized carbons (Fsp3) is 0.474. The number of amides is 1. The van der Waals surface area contributed by atoms with Gasteiger partial charge in [0.05, 0.1) is 5.69 Å². The molecule has 0 atom stereocenters. The van der Waals surface area contributed by atoms with Gasteiger partial charge in [0.1, 0.15) is 0 Å². The van der Waals surface area contributed by atoms with Crippen molar-refractivity contribution in [3.63, 3.8) is 0 Å². The van der Waals surface area contributed by atoms with Crippen LogP contribution in [0.5, 0.6) is 0 Å². The van der Waals surface area contributed by atoms with Gasteiger partial charge in [-0.25, -0.2) is 4.98 Å². The predicted octanol–water partition coefficient (Wildman–Crippen LogP) is 3.23. The number of carbonyl (C=O) groups excluding carboxylic acids is 1. The van der Waals surface area contributed by atoms with Crippen molar-refractivity contribution >= 4 is 22.4 Å². The van der Waals surface area contributed by atoms with Gasteiger partial charge in [0.15, 0.2) is 5.13 Å². The van der Waals surface area contributed by atoms with Crippen LogP contribution in [0.15, 0.2) is 24.3 Å². The normalized spacial score (nSPS) is 14.6. The molecule has 0 spiro atoms. The lowest BCUT2D eigenvalue weighted by molar-refractivity contribution is 0.102. The van der Waals surface area contributed by atoms with Gasteiger partial charge in [0, 0.05) is 36.5 Å². The zero-order valence-corrected chi connectivity index (χ0v) is 16.0.